The van der Waals surface area contributed by atoms with Gasteiger partial charge in [0, 0.05) is 11.9 Å². The Morgan fingerprint density at radius 1 is 1.14 bits per heavy atom. The average Bonchev–Trinajstić information content (AvgIpc) is 2.88. The number of nitrogens with zero attached hydrogens (tertiary/aromatic N) is 2. The highest BCUT2D eigenvalue weighted by atomic mass is 19.4. The zero-order chi connectivity index (χ0) is 26.8. The number of ether oxygens (including phenoxy) is 1. The van der Waals surface area contributed by atoms with Crippen molar-refractivity contribution >= 4 is 28.7 Å². The zero-order valence-electron chi connectivity index (χ0n) is 19.7. The molecule has 194 valence electrons. The summed E-state index contributed by atoms with van der Waals surface area (Å²) in [5.41, 5.74) is 0.162. The second-order valence-corrected chi connectivity index (χ2v) is 7.76. The van der Waals surface area contributed by atoms with Gasteiger partial charge in [-0.25, -0.2) is 14.8 Å². The monoisotopic (exact) mass is 515 g/mol. The van der Waals surface area contributed by atoms with Crippen molar-refractivity contribution in [2.45, 2.75) is 31.9 Å². The van der Waals surface area contributed by atoms with Gasteiger partial charge >= 0.3 is 12.3 Å². The number of anilines is 1. The highest BCUT2D eigenvalue weighted by molar-refractivity contribution is 5.91. The van der Waals surface area contributed by atoms with E-state index in [-0.39, 0.29) is 36.4 Å². The van der Waals surface area contributed by atoms with Gasteiger partial charge in [0.2, 0.25) is 5.91 Å². The molecule has 0 bridgehead atoms. The van der Waals surface area contributed by atoms with Crippen LogP contribution in [0.5, 0.6) is 0 Å². The number of alkyl carbamates (subject to hydrolysis) is 1. The summed E-state index contributed by atoms with van der Waals surface area (Å²) in [5, 5.41) is 18.1. The number of amides is 2. The predicted octanol–water partition coefficient (Wildman–Crippen LogP) is 2.86. The third-order valence-corrected chi connectivity index (χ3v) is 5.08. The number of alkyl halides is 3. The summed E-state index contributed by atoms with van der Waals surface area (Å²) in [5.74, 6) is 4.44. The van der Waals surface area contributed by atoms with Crippen molar-refractivity contribution in [2.75, 3.05) is 18.4 Å². The Bertz CT molecular complexity index is 1290. The topological polar surface area (TPSA) is 125 Å². The normalized spacial score (nSPS) is 12.6. The van der Waals surface area contributed by atoms with E-state index in [0.29, 0.717) is 0 Å². The van der Waals surface area contributed by atoms with Crippen LogP contribution in [0, 0.1) is 11.8 Å². The maximum absolute atomic E-state index is 13.1. The molecule has 0 aliphatic rings. The maximum Gasteiger partial charge on any atom is 0.416 e. The number of aliphatic hydroxyl groups excluding tert-OH is 1. The number of fused-ring (bicyclic) bond motifs is 1. The van der Waals surface area contributed by atoms with Crippen LogP contribution in [0.4, 0.5) is 23.8 Å². The summed E-state index contributed by atoms with van der Waals surface area (Å²) < 4.78 is 44.4. The number of aromatic nitrogens is 2. The van der Waals surface area contributed by atoms with Crippen molar-refractivity contribution in [2.24, 2.45) is 0 Å². The van der Waals surface area contributed by atoms with Crippen LogP contribution in [0.3, 0.4) is 0 Å². The summed E-state index contributed by atoms with van der Waals surface area (Å²) in [6.07, 6.45) is -5.47. The van der Waals surface area contributed by atoms with Crippen LogP contribution in [0.15, 0.2) is 54.9 Å². The van der Waals surface area contributed by atoms with Crippen molar-refractivity contribution in [3.63, 3.8) is 0 Å². The van der Waals surface area contributed by atoms with E-state index in [0.717, 1.165) is 24.0 Å². The number of hydrogen-bond acceptors (Lipinski definition) is 7. The largest absolute Gasteiger partial charge is 0.445 e. The SMILES string of the molecule is CC#C[C@H](O)[C@H](CNC(=O)OCc1ccccc1)NC(=O)CNc1ncnc2ccc(C(F)(F)F)cc12. The van der Waals surface area contributed by atoms with Gasteiger partial charge < -0.3 is 25.8 Å². The van der Waals surface area contributed by atoms with Gasteiger partial charge in [-0.15, -0.1) is 5.92 Å². The zero-order valence-corrected chi connectivity index (χ0v) is 19.7. The molecule has 9 nitrogen and oxygen atoms in total. The van der Waals surface area contributed by atoms with Crippen LogP contribution in [-0.4, -0.2) is 52.3 Å². The summed E-state index contributed by atoms with van der Waals surface area (Å²) in [6.45, 7) is 0.957. The van der Waals surface area contributed by atoms with E-state index in [9.17, 15) is 27.9 Å². The van der Waals surface area contributed by atoms with Crippen molar-refractivity contribution in [3.8, 4) is 11.8 Å². The number of carbonyl (C=O) groups is 2. The van der Waals surface area contributed by atoms with Crippen LogP contribution in [0.25, 0.3) is 10.9 Å². The first-order valence-electron chi connectivity index (χ1n) is 11.1. The van der Waals surface area contributed by atoms with E-state index >= 15 is 0 Å². The van der Waals surface area contributed by atoms with Gasteiger partial charge in [-0.1, -0.05) is 36.3 Å². The van der Waals surface area contributed by atoms with Gasteiger partial charge in [0.15, 0.2) is 0 Å². The van der Waals surface area contributed by atoms with Crippen LogP contribution in [0.2, 0.25) is 0 Å². The lowest BCUT2D eigenvalue weighted by Crippen LogP contribution is -2.51. The summed E-state index contributed by atoms with van der Waals surface area (Å²) in [6, 6.07) is 11.0. The second-order valence-electron chi connectivity index (χ2n) is 7.76. The Morgan fingerprint density at radius 2 is 1.89 bits per heavy atom. The molecule has 37 heavy (non-hydrogen) atoms. The number of benzene rings is 2. The quantitative estimate of drug-likeness (QED) is 0.323. The molecule has 4 N–H and O–H groups in total. The summed E-state index contributed by atoms with van der Waals surface area (Å²) >= 11 is 0. The molecule has 0 saturated heterocycles. The molecule has 0 saturated carbocycles. The van der Waals surface area contributed by atoms with E-state index < -0.39 is 35.9 Å². The molecule has 1 aromatic heterocycles. The molecular weight excluding hydrogens is 491 g/mol. The van der Waals surface area contributed by atoms with Crippen LogP contribution < -0.4 is 16.0 Å². The Morgan fingerprint density at radius 3 is 2.59 bits per heavy atom. The van der Waals surface area contributed by atoms with Gasteiger partial charge in [-0.2, -0.15) is 13.2 Å². The number of carbonyl (C=O) groups excluding carboxylic acids is 2. The molecule has 2 amide bonds. The van der Waals surface area contributed by atoms with Gasteiger partial charge in [-0.3, -0.25) is 4.79 Å². The lowest BCUT2D eigenvalue weighted by Gasteiger charge is -2.21. The minimum absolute atomic E-state index is 0.0271. The Labute approximate surface area is 210 Å². The number of aliphatic hydroxyl groups is 1. The molecular formula is C25H24F3N5O4. The minimum Gasteiger partial charge on any atom is -0.445 e. The summed E-state index contributed by atoms with van der Waals surface area (Å²) in [4.78, 5) is 32.5. The highest BCUT2D eigenvalue weighted by Gasteiger charge is 2.31. The fraction of sp³-hybridized carbons (Fsp3) is 0.280. The molecule has 0 aliphatic heterocycles. The van der Waals surface area contributed by atoms with Crippen molar-refractivity contribution in [3.05, 3.63) is 66.0 Å². The van der Waals surface area contributed by atoms with Crippen molar-refractivity contribution in [1.29, 1.82) is 0 Å². The van der Waals surface area contributed by atoms with Crippen molar-refractivity contribution in [1.82, 2.24) is 20.6 Å². The molecule has 3 rings (SSSR count). The van der Waals surface area contributed by atoms with Crippen LogP contribution >= 0.6 is 0 Å². The first-order valence-corrected chi connectivity index (χ1v) is 11.1. The third kappa shape index (κ3) is 8.08. The molecule has 0 fully saturated rings. The van der Waals surface area contributed by atoms with E-state index in [1.807, 2.05) is 6.07 Å². The predicted molar refractivity (Wildman–Crippen MR) is 129 cm³/mol. The number of hydrogen-bond donors (Lipinski definition) is 4. The molecule has 0 spiro atoms. The Balaban J connectivity index is 1.60. The fourth-order valence-electron chi connectivity index (χ4n) is 3.25. The number of halogens is 3. The molecule has 0 unspecified atom stereocenters. The molecule has 3 aromatic rings. The molecule has 2 aromatic carbocycles. The third-order valence-electron chi connectivity index (χ3n) is 5.08. The van der Waals surface area contributed by atoms with Gasteiger partial charge in [-0.05, 0) is 30.7 Å². The highest BCUT2D eigenvalue weighted by Crippen LogP contribution is 2.32. The van der Waals surface area contributed by atoms with E-state index in [2.05, 4.69) is 37.8 Å². The van der Waals surface area contributed by atoms with E-state index in [4.69, 9.17) is 4.74 Å². The molecule has 12 heteroatoms. The number of nitrogens with one attached hydrogen (secondary N) is 3. The van der Waals surface area contributed by atoms with Crippen molar-refractivity contribution < 1.29 is 32.6 Å². The number of rotatable bonds is 9. The van der Waals surface area contributed by atoms with Crippen LogP contribution in [0.1, 0.15) is 18.1 Å². The molecule has 0 aliphatic carbocycles. The Hall–Kier alpha value is -4.37. The van der Waals surface area contributed by atoms with Gasteiger partial charge in [0.25, 0.3) is 0 Å². The standard InChI is InChI=1S/C25H24F3N5O4/c1-2-6-21(34)20(12-30-24(36)37-14-16-7-4-3-5-8-16)33-22(35)13-29-23-18-11-17(25(26,27)28)9-10-19(18)31-15-32-23/h3-5,7-11,15,20-21,34H,12-14H2,1H3,(H,30,36)(H,33,35)(H,29,31,32)/t20-,21-/m0/s1. The van der Waals surface area contributed by atoms with E-state index in [1.54, 1.807) is 24.3 Å². The molecule has 2 atom stereocenters. The average molecular weight is 515 g/mol. The second kappa shape index (κ2) is 12.5. The van der Waals surface area contributed by atoms with Gasteiger partial charge in [0.05, 0.1) is 23.7 Å². The lowest BCUT2D eigenvalue weighted by molar-refractivity contribution is -0.137. The minimum atomic E-state index is -4.56. The Kier molecular flexibility index (Phi) is 9.23. The van der Waals surface area contributed by atoms with Gasteiger partial charge in [0.1, 0.15) is 24.9 Å². The fourth-order valence-corrected chi connectivity index (χ4v) is 3.25. The molecule has 1 heterocycles. The smallest absolute Gasteiger partial charge is 0.416 e. The first kappa shape index (κ1) is 27.2. The molecule has 0 radical (unpaired) electrons. The maximum atomic E-state index is 13.1. The van der Waals surface area contributed by atoms with Crippen LogP contribution in [-0.2, 0) is 22.3 Å². The lowest BCUT2D eigenvalue weighted by atomic mass is 10.1. The van der Waals surface area contributed by atoms with E-state index in [1.165, 1.54) is 13.0 Å². The first-order chi connectivity index (χ1) is 17.7. The summed E-state index contributed by atoms with van der Waals surface area (Å²) in [7, 11) is 0.